The molecule has 98 valence electrons. The predicted molar refractivity (Wildman–Crippen MR) is 51.2 cm³/mol. The summed E-state index contributed by atoms with van der Waals surface area (Å²) in [5.74, 6) is -3.05. The van der Waals surface area contributed by atoms with Crippen molar-refractivity contribution in [3.05, 3.63) is 0 Å². The molecule has 0 saturated carbocycles. The van der Waals surface area contributed by atoms with E-state index in [0.717, 1.165) is 0 Å². The number of alkyl halides is 3. The standard InChI is InChI=1S/C9H13F3N2O3/c1-8(7(16)17,9(10,11)12)14-6(15)2-5-3-13-4-5/h5,13H,2-4H2,1H3,(H,14,15)(H,16,17). The van der Waals surface area contributed by atoms with Crippen LogP contribution in [0.5, 0.6) is 0 Å². The number of hydrogen-bond donors (Lipinski definition) is 3. The average molecular weight is 254 g/mol. The van der Waals surface area contributed by atoms with Crippen LogP contribution in [-0.4, -0.2) is 41.8 Å². The van der Waals surface area contributed by atoms with Gasteiger partial charge in [-0.3, -0.25) is 4.79 Å². The lowest BCUT2D eigenvalue weighted by Gasteiger charge is -2.31. The molecule has 0 spiro atoms. The molecule has 1 atom stereocenters. The summed E-state index contributed by atoms with van der Waals surface area (Å²) in [6, 6.07) is 0. The van der Waals surface area contributed by atoms with Crippen LogP contribution < -0.4 is 10.6 Å². The Labute approximate surface area is 95.4 Å². The van der Waals surface area contributed by atoms with Gasteiger partial charge in [0.05, 0.1) is 0 Å². The van der Waals surface area contributed by atoms with E-state index in [1.54, 1.807) is 5.32 Å². The quantitative estimate of drug-likeness (QED) is 0.665. The Kier molecular flexibility index (Phi) is 3.65. The normalized spacial score (nSPS) is 20.2. The Balaban J connectivity index is 2.66. The number of rotatable bonds is 4. The van der Waals surface area contributed by atoms with Crippen LogP contribution in [0.15, 0.2) is 0 Å². The number of aliphatic carboxylic acids is 1. The van der Waals surface area contributed by atoms with Crippen molar-refractivity contribution < 1.29 is 27.9 Å². The van der Waals surface area contributed by atoms with Crippen molar-refractivity contribution in [2.75, 3.05) is 13.1 Å². The highest BCUT2D eigenvalue weighted by molar-refractivity contribution is 5.87. The molecule has 8 heteroatoms. The van der Waals surface area contributed by atoms with Gasteiger partial charge in [-0.05, 0) is 25.9 Å². The minimum Gasteiger partial charge on any atom is -0.479 e. The molecule has 0 radical (unpaired) electrons. The third kappa shape index (κ3) is 2.87. The molecule has 0 aromatic heterocycles. The first-order valence-electron chi connectivity index (χ1n) is 4.98. The second-order valence-corrected chi connectivity index (χ2v) is 4.20. The first-order valence-corrected chi connectivity index (χ1v) is 4.98. The number of nitrogens with one attached hydrogen (secondary N) is 2. The highest BCUT2D eigenvalue weighted by Crippen LogP contribution is 2.30. The number of hydrogen-bond acceptors (Lipinski definition) is 3. The zero-order valence-corrected chi connectivity index (χ0v) is 9.10. The SMILES string of the molecule is CC(NC(=O)CC1CNC1)(C(=O)O)C(F)(F)F. The minimum atomic E-state index is -5.04. The molecule has 1 amide bonds. The molecule has 0 aromatic rings. The largest absolute Gasteiger partial charge is 0.479 e. The molecule has 1 rings (SSSR count). The third-order valence-electron chi connectivity index (χ3n) is 2.72. The highest BCUT2D eigenvalue weighted by Gasteiger charge is 2.58. The first kappa shape index (κ1) is 13.8. The van der Waals surface area contributed by atoms with Gasteiger partial charge >= 0.3 is 12.1 Å². The van der Waals surface area contributed by atoms with Gasteiger partial charge in [0, 0.05) is 6.42 Å². The number of carboxylic acids is 1. The van der Waals surface area contributed by atoms with Crippen molar-refractivity contribution in [3.8, 4) is 0 Å². The summed E-state index contributed by atoms with van der Waals surface area (Å²) in [5, 5.41) is 13.0. The Morgan fingerprint density at radius 1 is 1.41 bits per heavy atom. The van der Waals surface area contributed by atoms with Crippen LogP contribution in [0.3, 0.4) is 0 Å². The van der Waals surface area contributed by atoms with Crippen LogP contribution in [0.1, 0.15) is 13.3 Å². The summed E-state index contributed by atoms with van der Waals surface area (Å²) in [7, 11) is 0. The average Bonchev–Trinajstić information content (AvgIpc) is 2.09. The Hall–Kier alpha value is -1.31. The Morgan fingerprint density at radius 2 is 1.94 bits per heavy atom. The third-order valence-corrected chi connectivity index (χ3v) is 2.72. The van der Waals surface area contributed by atoms with Crippen molar-refractivity contribution in [1.29, 1.82) is 0 Å². The highest BCUT2D eigenvalue weighted by atomic mass is 19.4. The summed E-state index contributed by atoms with van der Waals surface area (Å²) < 4.78 is 37.6. The summed E-state index contributed by atoms with van der Waals surface area (Å²) in [5.41, 5.74) is -3.23. The molecule has 1 fully saturated rings. The van der Waals surface area contributed by atoms with Crippen LogP contribution >= 0.6 is 0 Å². The maximum absolute atomic E-state index is 12.5. The fraction of sp³-hybridized carbons (Fsp3) is 0.778. The lowest BCUT2D eigenvalue weighted by atomic mass is 9.96. The molecule has 5 nitrogen and oxygen atoms in total. The van der Waals surface area contributed by atoms with Gasteiger partial charge in [0.2, 0.25) is 11.4 Å². The predicted octanol–water partition coefficient (Wildman–Crippen LogP) is 0.118. The molecule has 1 saturated heterocycles. The van der Waals surface area contributed by atoms with E-state index in [9.17, 15) is 22.8 Å². The van der Waals surface area contributed by atoms with Crippen LogP contribution in [0, 0.1) is 5.92 Å². The zero-order valence-electron chi connectivity index (χ0n) is 9.10. The second kappa shape index (κ2) is 4.52. The monoisotopic (exact) mass is 254 g/mol. The molecule has 17 heavy (non-hydrogen) atoms. The minimum absolute atomic E-state index is 0.0266. The number of carbonyl (C=O) groups excluding carboxylic acids is 1. The van der Waals surface area contributed by atoms with Gasteiger partial charge in [-0.1, -0.05) is 0 Å². The van der Waals surface area contributed by atoms with Gasteiger partial charge < -0.3 is 15.7 Å². The van der Waals surface area contributed by atoms with E-state index in [4.69, 9.17) is 5.11 Å². The van der Waals surface area contributed by atoms with E-state index in [2.05, 4.69) is 5.32 Å². The molecule has 0 bridgehead atoms. The van der Waals surface area contributed by atoms with E-state index in [1.165, 1.54) is 0 Å². The molecule has 1 unspecified atom stereocenters. The van der Waals surface area contributed by atoms with Crippen molar-refractivity contribution in [2.45, 2.75) is 25.1 Å². The summed E-state index contributed by atoms with van der Waals surface area (Å²) in [6.45, 7) is 1.55. The van der Waals surface area contributed by atoms with Gasteiger partial charge in [0.15, 0.2) is 0 Å². The summed E-state index contributed by atoms with van der Waals surface area (Å²) >= 11 is 0. The van der Waals surface area contributed by atoms with Crippen molar-refractivity contribution in [2.24, 2.45) is 5.92 Å². The molecule has 0 aromatic carbocycles. The molecular weight excluding hydrogens is 241 g/mol. The first-order chi connectivity index (χ1) is 7.67. The molecule has 1 heterocycles. The van der Waals surface area contributed by atoms with Crippen LogP contribution in [-0.2, 0) is 9.59 Å². The van der Waals surface area contributed by atoms with E-state index >= 15 is 0 Å². The van der Waals surface area contributed by atoms with E-state index < -0.39 is 23.6 Å². The van der Waals surface area contributed by atoms with Gasteiger partial charge in [0.1, 0.15) is 0 Å². The van der Waals surface area contributed by atoms with Crippen molar-refractivity contribution in [3.63, 3.8) is 0 Å². The Morgan fingerprint density at radius 3 is 2.24 bits per heavy atom. The fourth-order valence-corrected chi connectivity index (χ4v) is 1.33. The van der Waals surface area contributed by atoms with E-state index in [0.29, 0.717) is 20.0 Å². The van der Waals surface area contributed by atoms with Crippen LogP contribution in [0.4, 0.5) is 13.2 Å². The van der Waals surface area contributed by atoms with E-state index in [1.807, 2.05) is 0 Å². The maximum atomic E-state index is 12.5. The van der Waals surface area contributed by atoms with Crippen LogP contribution in [0.2, 0.25) is 0 Å². The molecule has 0 aliphatic carbocycles. The Bertz CT molecular complexity index is 328. The molecule has 1 aliphatic heterocycles. The van der Waals surface area contributed by atoms with Gasteiger partial charge in [-0.2, -0.15) is 13.2 Å². The van der Waals surface area contributed by atoms with Crippen molar-refractivity contribution in [1.82, 2.24) is 10.6 Å². The van der Waals surface area contributed by atoms with Gasteiger partial charge in [-0.25, -0.2) is 4.79 Å². The number of carboxylic acid groups (broad SMARTS) is 1. The number of amides is 1. The lowest BCUT2D eigenvalue weighted by Crippen LogP contribution is -2.62. The van der Waals surface area contributed by atoms with E-state index in [-0.39, 0.29) is 12.3 Å². The summed E-state index contributed by atoms with van der Waals surface area (Å²) in [6.07, 6.45) is -5.14. The number of carbonyl (C=O) groups is 2. The second-order valence-electron chi connectivity index (χ2n) is 4.20. The van der Waals surface area contributed by atoms with Gasteiger partial charge in [-0.15, -0.1) is 0 Å². The van der Waals surface area contributed by atoms with Crippen molar-refractivity contribution >= 4 is 11.9 Å². The smallest absolute Gasteiger partial charge is 0.422 e. The molecule has 1 aliphatic rings. The number of halogens is 3. The molecule has 3 N–H and O–H groups in total. The maximum Gasteiger partial charge on any atom is 0.422 e. The fourth-order valence-electron chi connectivity index (χ4n) is 1.33. The lowest BCUT2D eigenvalue weighted by molar-refractivity contribution is -0.207. The summed E-state index contributed by atoms with van der Waals surface area (Å²) in [4.78, 5) is 21.9. The zero-order chi connectivity index (χ0) is 13.3. The topological polar surface area (TPSA) is 78.4 Å². The molecular formula is C9H13F3N2O3. The van der Waals surface area contributed by atoms with Crippen LogP contribution in [0.25, 0.3) is 0 Å². The van der Waals surface area contributed by atoms with Gasteiger partial charge in [0.25, 0.3) is 0 Å².